The summed E-state index contributed by atoms with van der Waals surface area (Å²) in [6, 6.07) is 0. The van der Waals surface area contributed by atoms with Crippen molar-refractivity contribution in [3.05, 3.63) is 26.5 Å². The molecule has 0 atom stereocenters. The van der Waals surface area contributed by atoms with Crippen LogP contribution in [0.4, 0.5) is 0 Å². The Balaban J connectivity index is 2.01. The highest BCUT2D eigenvalue weighted by atomic mass is 32.1. The van der Waals surface area contributed by atoms with E-state index in [9.17, 15) is 4.79 Å². The van der Waals surface area contributed by atoms with E-state index >= 15 is 0 Å². The second-order valence-electron chi connectivity index (χ2n) is 6.00. The van der Waals surface area contributed by atoms with E-state index in [1.165, 1.54) is 11.3 Å². The van der Waals surface area contributed by atoms with Gasteiger partial charge in [-0.05, 0) is 57.3 Å². The molecule has 7 heteroatoms. The van der Waals surface area contributed by atoms with Crippen LogP contribution in [0.2, 0.25) is 0 Å². The van der Waals surface area contributed by atoms with Crippen molar-refractivity contribution in [1.29, 1.82) is 0 Å². The van der Waals surface area contributed by atoms with Gasteiger partial charge in [0.2, 0.25) is 0 Å². The van der Waals surface area contributed by atoms with Crippen molar-refractivity contribution in [2.24, 2.45) is 5.11 Å². The minimum Gasteiger partial charge on any atom is -0.298 e. The summed E-state index contributed by atoms with van der Waals surface area (Å²) in [4.78, 5) is 20.7. The van der Waals surface area contributed by atoms with Crippen LogP contribution in [0.25, 0.3) is 10.4 Å². The van der Waals surface area contributed by atoms with Gasteiger partial charge in [0.25, 0.3) is 5.91 Å². The molecule has 1 saturated heterocycles. The molecule has 20 heavy (non-hydrogen) atoms. The second-order valence-corrected chi connectivity index (χ2v) is 6.89. The Morgan fingerprint density at radius 2 is 2.15 bits per heavy atom. The molecule has 108 valence electrons. The molecule has 0 N–H and O–H groups in total. The van der Waals surface area contributed by atoms with E-state index in [1.807, 2.05) is 0 Å². The van der Waals surface area contributed by atoms with Gasteiger partial charge in [0.15, 0.2) is 0 Å². The molecule has 0 radical (unpaired) electrons. The Morgan fingerprint density at radius 3 is 2.70 bits per heavy atom. The summed E-state index contributed by atoms with van der Waals surface area (Å²) in [5, 5.41) is 5.74. The highest BCUT2D eigenvalue weighted by molar-refractivity contribution is 7.09. The predicted molar refractivity (Wildman–Crippen MR) is 78.9 cm³/mol. The van der Waals surface area contributed by atoms with Gasteiger partial charge in [0, 0.05) is 21.7 Å². The minimum atomic E-state index is -0.595. The zero-order chi connectivity index (χ0) is 14.8. The van der Waals surface area contributed by atoms with E-state index in [1.54, 1.807) is 5.38 Å². The molecule has 1 amide bonds. The van der Waals surface area contributed by atoms with Crippen LogP contribution in [0.15, 0.2) is 10.5 Å². The lowest BCUT2D eigenvalue weighted by Crippen LogP contribution is -2.45. The Kier molecular flexibility index (Phi) is 4.42. The Bertz CT molecular complexity index is 533. The molecule has 6 nitrogen and oxygen atoms in total. The fourth-order valence-corrected chi connectivity index (χ4v) is 3.43. The normalized spacial score (nSPS) is 17.8. The maximum Gasteiger partial charge on any atom is 0.268 e. The predicted octanol–water partition coefficient (Wildman–Crippen LogP) is 3.57. The third-order valence-electron chi connectivity index (χ3n) is 3.67. The molecule has 1 aliphatic rings. The van der Waals surface area contributed by atoms with Gasteiger partial charge in [0.1, 0.15) is 5.69 Å². The number of carbonyl (C=O) groups is 1. The maximum absolute atomic E-state index is 11.4. The number of nitrogens with zero attached hydrogens (tertiary/aromatic N) is 5. The van der Waals surface area contributed by atoms with Gasteiger partial charge in [-0.1, -0.05) is 0 Å². The van der Waals surface area contributed by atoms with Gasteiger partial charge in [-0.3, -0.25) is 9.69 Å². The van der Waals surface area contributed by atoms with Crippen LogP contribution in [0.5, 0.6) is 0 Å². The standard InChI is InChI=1S/C13H19N5OS/c1-13(2,3)18-6-4-9(5-7-18)12-15-10(8-20-12)11(19)16-17-14/h8-9H,4-7H2,1-3H3. The lowest BCUT2D eigenvalue weighted by Gasteiger charge is -2.40. The van der Waals surface area contributed by atoms with Gasteiger partial charge in [0.05, 0.1) is 5.01 Å². The average Bonchev–Trinajstić information content (AvgIpc) is 2.88. The number of thiazole rings is 1. The molecule has 2 rings (SSSR count). The number of piperidine rings is 1. The molecule has 1 aliphatic heterocycles. The lowest BCUT2D eigenvalue weighted by molar-refractivity contribution is 0.0993. The van der Waals surface area contributed by atoms with Gasteiger partial charge < -0.3 is 0 Å². The number of amides is 1. The lowest BCUT2D eigenvalue weighted by atomic mass is 9.93. The topological polar surface area (TPSA) is 82.0 Å². The third kappa shape index (κ3) is 3.36. The maximum atomic E-state index is 11.4. The molecular weight excluding hydrogens is 274 g/mol. The quantitative estimate of drug-likeness (QED) is 0.475. The van der Waals surface area contributed by atoms with Crippen LogP contribution in [0.3, 0.4) is 0 Å². The van der Waals surface area contributed by atoms with Crippen molar-refractivity contribution in [2.75, 3.05) is 13.1 Å². The summed E-state index contributed by atoms with van der Waals surface area (Å²) in [7, 11) is 0. The summed E-state index contributed by atoms with van der Waals surface area (Å²) < 4.78 is 0. The first-order valence-electron chi connectivity index (χ1n) is 6.71. The number of aromatic nitrogens is 1. The zero-order valence-electron chi connectivity index (χ0n) is 12.0. The first kappa shape index (κ1) is 15.0. The van der Waals surface area contributed by atoms with Crippen molar-refractivity contribution < 1.29 is 4.79 Å². The number of azide groups is 1. The molecule has 2 heterocycles. The SMILES string of the molecule is CC(C)(C)N1CCC(c2nc(C(=O)N=[N+]=[N-])cs2)CC1. The number of rotatable bonds is 2. The number of hydrogen-bond acceptors (Lipinski definition) is 4. The van der Waals surface area contributed by atoms with Gasteiger partial charge in [-0.15, -0.1) is 11.3 Å². The summed E-state index contributed by atoms with van der Waals surface area (Å²) in [6.07, 6.45) is 2.11. The van der Waals surface area contributed by atoms with Crippen LogP contribution in [0.1, 0.15) is 55.0 Å². The Hall–Kier alpha value is -1.43. The molecule has 1 aromatic heterocycles. The summed E-state index contributed by atoms with van der Waals surface area (Å²) in [5.41, 5.74) is 8.74. The van der Waals surface area contributed by atoms with E-state index in [4.69, 9.17) is 5.53 Å². The van der Waals surface area contributed by atoms with Crippen LogP contribution in [-0.4, -0.2) is 34.4 Å². The van der Waals surface area contributed by atoms with E-state index in [0.29, 0.717) is 5.92 Å². The van der Waals surface area contributed by atoms with Gasteiger partial charge >= 0.3 is 0 Å². The highest BCUT2D eigenvalue weighted by Gasteiger charge is 2.29. The summed E-state index contributed by atoms with van der Waals surface area (Å²) in [6.45, 7) is 8.79. The van der Waals surface area contributed by atoms with Crippen molar-refractivity contribution in [1.82, 2.24) is 9.88 Å². The number of hydrogen-bond donors (Lipinski definition) is 0. The highest BCUT2D eigenvalue weighted by Crippen LogP contribution is 2.32. The monoisotopic (exact) mass is 293 g/mol. The van der Waals surface area contributed by atoms with Crippen LogP contribution in [-0.2, 0) is 0 Å². The fraction of sp³-hybridized carbons (Fsp3) is 0.692. The molecule has 0 unspecified atom stereocenters. The van der Waals surface area contributed by atoms with Crippen LogP contribution >= 0.6 is 11.3 Å². The smallest absolute Gasteiger partial charge is 0.268 e. The number of likely N-dealkylation sites (tertiary alicyclic amines) is 1. The molecule has 0 bridgehead atoms. The largest absolute Gasteiger partial charge is 0.298 e. The van der Waals surface area contributed by atoms with Crippen LogP contribution < -0.4 is 0 Å². The molecule has 1 fully saturated rings. The van der Waals surface area contributed by atoms with Crippen molar-refractivity contribution in [3.63, 3.8) is 0 Å². The minimum absolute atomic E-state index is 0.205. The van der Waals surface area contributed by atoms with Gasteiger partial charge in [-0.25, -0.2) is 4.98 Å². The van der Waals surface area contributed by atoms with E-state index in [0.717, 1.165) is 30.9 Å². The molecule has 0 aromatic carbocycles. The molecule has 0 saturated carbocycles. The second kappa shape index (κ2) is 5.91. The third-order valence-corrected chi connectivity index (χ3v) is 4.68. The average molecular weight is 293 g/mol. The van der Waals surface area contributed by atoms with Gasteiger partial charge in [-0.2, -0.15) is 0 Å². The van der Waals surface area contributed by atoms with Crippen molar-refractivity contribution in [2.45, 2.75) is 45.1 Å². The zero-order valence-corrected chi connectivity index (χ0v) is 12.9. The number of carbonyl (C=O) groups excluding carboxylic acids is 1. The van der Waals surface area contributed by atoms with Crippen molar-refractivity contribution >= 4 is 17.2 Å². The summed E-state index contributed by atoms with van der Waals surface area (Å²) in [5.74, 6) is -0.187. The van der Waals surface area contributed by atoms with Crippen LogP contribution in [0, 0.1) is 0 Å². The van der Waals surface area contributed by atoms with E-state index in [2.05, 4.69) is 40.7 Å². The molecule has 1 aromatic rings. The fourth-order valence-electron chi connectivity index (χ4n) is 2.46. The Morgan fingerprint density at radius 1 is 1.50 bits per heavy atom. The van der Waals surface area contributed by atoms with E-state index < -0.39 is 5.91 Å². The molecule has 0 spiro atoms. The van der Waals surface area contributed by atoms with Crippen molar-refractivity contribution in [3.8, 4) is 0 Å². The molecular formula is C13H19N5OS. The Labute approximate surface area is 122 Å². The molecule has 0 aliphatic carbocycles. The first-order chi connectivity index (χ1) is 9.41. The summed E-state index contributed by atoms with van der Waals surface area (Å²) >= 11 is 1.49. The van der Waals surface area contributed by atoms with E-state index in [-0.39, 0.29) is 11.2 Å². The first-order valence-corrected chi connectivity index (χ1v) is 7.59.